The van der Waals surface area contributed by atoms with Gasteiger partial charge in [-0.3, -0.25) is 0 Å². The molecule has 27 heavy (non-hydrogen) atoms. The second kappa shape index (κ2) is 12.4. The van der Waals surface area contributed by atoms with Crippen molar-refractivity contribution in [2.75, 3.05) is 6.61 Å². The van der Waals surface area contributed by atoms with Gasteiger partial charge in [-0.05, 0) is 52.4 Å². The third kappa shape index (κ3) is 8.68. The monoisotopic (exact) mass is 386 g/mol. The molecule has 0 radical (unpaired) electrons. The number of benzene rings is 1. The van der Waals surface area contributed by atoms with Crippen molar-refractivity contribution in [2.24, 2.45) is 5.92 Å². The Morgan fingerprint density at radius 1 is 0.852 bits per heavy atom. The van der Waals surface area contributed by atoms with Crippen LogP contribution in [-0.4, -0.2) is 12.2 Å². The third-order valence-electron chi connectivity index (χ3n) is 5.49. The van der Waals surface area contributed by atoms with Gasteiger partial charge in [0.15, 0.2) is 0 Å². The summed E-state index contributed by atoms with van der Waals surface area (Å²) in [5.74, 6) is -2.10. The minimum Gasteiger partial charge on any atom is -0.376 e. The van der Waals surface area contributed by atoms with E-state index in [1.165, 1.54) is 32.1 Å². The number of halogens is 3. The second-order valence-corrected chi connectivity index (χ2v) is 8.03. The van der Waals surface area contributed by atoms with E-state index in [9.17, 15) is 13.2 Å². The first-order valence-electron chi connectivity index (χ1n) is 10.6. The van der Waals surface area contributed by atoms with Crippen molar-refractivity contribution in [3.63, 3.8) is 0 Å². The average molecular weight is 387 g/mol. The Labute approximate surface area is 163 Å². The van der Waals surface area contributed by atoms with Crippen LogP contribution in [0.25, 0.3) is 0 Å². The molecule has 0 saturated heterocycles. The van der Waals surface area contributed by atoms with E-state index in [-0.39, 0.29) is 17.6 Å². The Kier molecular flexibility index (Phi) is 11.1. The van der Waals surface area contributed by atoms with Crippen molar-refractivity contribution in [1.29, 1.82) is 0 Å². The molecule has 1 nitrogen and oxygen atoms in total. The van der Waals surface area contributed by atoms with Gasteiger partial charge < -0.3 is 4.74 Å². The molecular formula is C23H37F3O. The predicted octanol–water partition coefficient (Wildman–Crippen LogP) is 7.61. The summed E-state index contributed by atoms with van der Waals surface area (Å²) in [6.07, 6.45) is 10.3. The van der Waals surface area contributed by atoms with Gasteiger partial charge in [0.05, 0.1) is 5.60 Å². The van der Waals surface area contributed by atoms with E-state index >= 15 is 0 Å². The molecular weight excluding hydrogens is 349 g/mol. The zero-order valence-corrected chi connectivity index (χ0v) is 17.6. The van der Waals surface area contributed by atoms with Crippen LogP contribution in [0, 0.1) is 23.4 Å². The van der Waals surface area contributed by atoms with Crippen LogP contribution >= 0.6 is 0 Å². The van der Waals surface area contributed by atoms with Crippen molar-refractivity contribution >= 4 is 0 Å². The normalized spacial score (nSPS) is 13.1. The first-order valence-corrected chi connectivity index (χ1v) is 10.6. The van der Waals surface area contributed by atoms with E-state index in [1.54, 1.807) is 0 Å². The van der Waals surface area contributed by atoms with Crippen LogP contribution in [-0.2, 0) is 11.2 Å². The zero-order valence-electron chi connectivity index (χ0n) is 17.6. The molecule has 0 N–H and O–H groups in total. The van der Waals surface area contributed by atoms with Gasteiger partial charge in [-0.1, -0.05) is 45.4 Å². The smallest absolute Gasteiger partial charge is 0.132 e. The third-order valence-corrected chi connectivity index (χ3v) is 5.49. The summed E-state index contributed by atoms with van der Waals surface area (Å²) in [6, 6.07) is 1.52. The lowest BCUT2D eigenvalue weighted by Gasteiger charge is -2.34. The van der Waals surface area contributed by atoms with E-state index < -0.39 is 17.5 Å². The molecule has 0 saturated carbocycles. The van der Waals surface area contributed by atoms with E-state index in [4.69, 9.17) is 4.74 Å². The summed E-state index contributed by atoms with van der Waals surface area (Å²) in [5.41, 5.74) is -0.262. The first-order chi connectivity index (χ1) is 12.8. The van der Waals surface area contributed by atoms with E-state index in [0.29, 0.717) is 18.9 Å². The highest BCUT2D eigenvalue weighted by molar-refractivity contribution is 5.20. The highest BCUT2D eigenvalue weighted by Gasteiger charge is 2.29. The van der Waals surface area contributed by atoms with E-state index in [0.717, 1.165) is 31.4 Å². The fraction of sp³-hybridized carbons (Fsp3) is 0.739. The minimum atomic E-state index is -0.868. The van der Waals surface area contributed by atoms with Gasteiger partial charge in [-0.2, -0.15) is 0 Å². The van der Waals surface area contributed by atoms with Gasteiger partial charge in [0.1, 0.15) is 17.5 Å². The summed E-state index contributed by atoms with van der Waals surface area (Å²) >= 11 is 0. The largest absolute Gasteiger partial charge is 0.376 e. The number of hydrogen-bond donors (Lipinski definition) is 0. The first kappa shape index (κ1) is 24.0. The van der Waals surface area contributed by atoms with E-state index in [1.807, 2.05) is 6.92 Å². The summed E-state index contributed by atoms with van der Waals surface area (Å²) in [4.78, 5) is 0. The Morgan fingerprint density at radius 3 is 2.00 bits per heavy atom. The van der Waals surface area contributed by atoms with Crippen LogP contribution in [0.3, 0.4) is 0 Å². The van der Waals surface area contributed by atoms with Crippen LogP contribution in [0.1, 0.15) is 91.0 Å². The summed E-state index contributed by atoms with van der Waals surface area (Å²) in [6.45, 7) is 9.08. The Morgan fingerprint density at radius 2 is 1.41 bits per heavy atom. The highest BCUT2D eigenvalue weighted by Crippen LogP contribution is 2.31. The number of ether oxygens (including phenoxy) is 1. The van der Waals surface area contributed by atoms with Crippen molar-refractivity contribution in [3.8, 4) is 0 Å². The van der Waals surface area contributed by atoms with Crippen LogP contribution in [0.4, 0.5) is 13.2 Å². The van der Waals surface area contributed by atoms with Gasteiger partial charge in [0.25, 0.3) is 0 Å². The fourth-order valence-electron chi connectivity index (χ4n) is 3.84. The fourth-order valence-corrected chi connectivity index (χ4v) is 3.84. The molecule has 0 aliphatic rings. The van der Waals surface area contributed by atoms with Crippen LogP contribution in [0.2, 0.25) is 0 Å². The molecule has 156 valence electrons. The van der Waals surface area contributed by atoms with Crippen LogP contribution in [0.5, 0.6) is 0 Å². The Hall–Kier alpha value is -1.03. The molecule has 0 fully saturated rings. The molecule has 1 aromatic rings. The molecule has 0 heterocycles. The van der Waals surface area contributed by atoms with E-state index in [2.05, 4.69) is 20.8 Å². The number of hydrogen-bond acceptors (Lipinski definition) is 1. The van der Waals surface area contributed by atoms with Crippen molar-refractivity contribution < 1.29 is 17.9 Å². The Bertz CT molecular complexity index is 519. The summed E-state index contributed by atoms with van der Waals surface area (Å²) in [5, 5.41) is 0. The van der Waals surface area contributed by atoms with Gasteiger partial charge >= 0.3 is 0 Å². The molecule has 0 bridgehead atoms. The average Bonchev–Trinajstić information content (AvgIpc) is 2.58. The molecule has 0 spiro atoms. The molecule has 1 aromatic carbocycles. The SMILES string of the molecule is CCCCCCCCC(CCCc1c(F)cc(F)cc1F)C(C)(C)OCC. The summed E-state index contributed by atoms with van der Waals surface area (Å²) in [7, 11) is 0. The molecule has 1 atom stereocenters. The van der Waals surface area contributed by atoms with Gasteiger partial charge in [0, 0.05) is 24.3 Å². The number of rotatable bonds is 14. The maximum atomic E-state index is 13.8. The molecule has 0 amide bonds. The van der Waals surface area contributed by atoms with Crippen molar-refractivity contribution in [1.82, 2.24) is 0 Å². The van der Waals surface area contributed by atoms with Gasteiger partial charge in [0.2, 0.25) is 0 Å². The molecule has 1 unspecified atom stereocenters. The van der Waals surface area contributed by atoms with Crippen molar-refractivity contribution in [2.45, 2.75) is 97.5 Å². The lowest BCUT2D eigenvalue weighted by Crippen LogP contribution is -2.34. The topological polar surface area (TPSA) is 9.23 Å². The molecule has 4 heteroatoms. The van der Waals surface area contributed by atoms with Crippen LogP contribution in [0.15, 0.2) is 12.1 Å². The lowest BCUT2D eigenvalue weighted by atomic mass is 9.82. The van der Waals surface area contributed by atoms with Crippen molar-refractivity contribution in [3.05, 3.63) is 35.1 Å². The second-order valence-electron chi connectivity index (χ2n) is 8.03. The van der Waals surface area contributed by atoms with Crippen LogP contribution < -0.4 is 0 Å². The molecule has 0 aromatic heterocycles. The quantitative estimate of drug-likeness (QED) is 0.299. The number of unbranched alkanes of at least 4 members (excludes halogenated alkanes) is 5. The molecule has 1 rings (SSSR count). The minimum absolute atomic E-state index is 0.0102. The maximum Gasteiger partial charge on any atom is 0.132 e. The summed E-state index contributed by atoms with van der Waals surface area (Å²) < 4.78 is 46.7. The Balaban J connectivity index is 2.58. The maximum absolute atomic E-state index is 13.8. The van der Waals surface area contributed by atoms with Gasteiger partial charge in [-0.15, -0.1) is 0 Å². The molecule has 0 aliphatic carbocycles. The lowest BCUT2D eigenvalue weighted by molar-refractivity contribution is -0.0603. The standard InChI is InChI=1S/C23H37F3O/c1-5-7-8-9-10-11-13-18(23(3,4)27-6-2)14-12-15-20-21(25)16-19(24)17-22(20)26/h16-18H,5-15H2,1-4H3. The highest BCUT2D eigenvalue weighted by atomic mass is 19.1. The molecule has 0 aliphatic heterocycles. The zero-order chi connectivity index (χ0) is 20.3. The van der Waals surface area contributed by atoms with Gasteiger partial charge in [-0.25, -0.2) is 13.2 Å². The predicted molar refractivity (Wildman–Crippen MR) is 106 cm³/mol.